The number of aryl methyl sites for hydroxylation is 1. The maximum atomic E-state index is 9.85. The maximum Gasteiger partial charge on any atom is 0.146 e. The summed E-state index contributed by atoms with van der Waals surface area (Å²) in [6.07, 6.45) is 2.66. The minimum atomic E-state index is -0.576. The first-order valence-electron chi connectivity index (χ1n) is 10.3. The molecule has 0 aliphatic carbocycles. The molecule has 2 heterocycles. The fourth-order valence-corrected chi connectivity index (χ4v) is 4.72. The highest BCUT2D eigenvalue weighted by molar-refractivity contribution is 5.65. The summed E-state index contributed by atoms with van der Waals surface area (Å²) >= 11 is 0. The van der Waals surface area contributed by atoms with E-state index >= 15 is 0 Å². The molecular formula is C26H22N4. The zero-order valence-electron chi connectivity index (χ0n) is 16.6. The predicted octanol–water partition coefficient (Wildman–Crippen LogP) is 4.96. The molecule has 5 rings (SSSR count). The number of hydrogen-bond donors (Lipinski definition) is 0. The summed E-state index contributed by atoms with van der Waals surface area (Å²) in [5.41, 5.74) is 3.54. The van der Waals surface area contributed by atoms with Gasteiger partial charge in [-0.05, 0) is 23.1 Å². The summed E-state index contributed by atoms with van der Waals surface area (Å²) < 4.78 is 1.98. The van der Waals surface area contributed by atoms with Crippen LogP contribution in [-0.4, -0.2) is 16.3 Å². The SMILES string of the molecule is N#Cc1cnn2c1N(C(c1ccccc1)(c1ccccc1)c1ccccc1)CCC2. The Bertz CT molecular complexity index is 1080. The summed E-state index contributed by atoms with van der Waals surface area (Å²) in [5.74, 6) is 0.889. The summed E-state index contributed by atoms with van der Waals surface area (Å²) in [7, 11) is 0. The van der Waals surface area contributed by atoms with Gasteiger partial charge in [-0.3, -0.25) is 0 Å². The van der Waals surface area contributed by atoms with E-state index in [1.54, 1.807) is 6.20 Å². The molecule has 0 N–H and O–H groups in total. The van der Waals surface area contributed by atoms with E-state index in [1.807, 2.05) is 22.9 Å². The van der Waals surface area contributed by atoms with Gasteiger partial charge < -0.3 is 4.90 Å². The third-order valence-electron chi connectivity index (χ3n) is 5.92. The van der Waals surface area contributed by atoms with E-state index in [-0.39, 0.29) is 0 Å². The van der Waals surface area contributed by atoms with Gasteiger partial charge >= 0.3 is 0 Å². The summed E-state index contributed by atoms with van der Waals surface area (Å²) in [6, 6.07) is 34.1. The van der Waals surface area contributed by atoms with Crippen molar-refractivity contribution in [2.45, 2.75) is 18.5 Å². The van der Waals surface area contributed by atoms with E-state index in [9.17, 15) is 5.26 Å². The van der Waals surface area contributed by atoms with Crippen molar-refractivity contribution in [1.82, 2.24) is 9.78 Å². The lowest BCUT2D eigenvalue weighted by atomic mass is 9.75. The fraction of sp³-hybridized carbons (Fsp3) is 0.154. The van der Waals surface area contributed by atoms with Gasteiger partial charge in [0.05, 0.1) is 6.20 Å². The maximum absolute atomic E-state index is 9.85. The van der Waals surface area contributed by atoms with Gasteiger partial charge in [0, 0.05) is 13.1 Å². The van der Waals surface area contributed by atoms with Crippen LogP contribution in [0.15, 0.2) is 97.2 Å². The van der Waals surface area contributed by atoms with Gasteiger partial charge in [0.25, 0.3) is 0 Å². The molecule has 1 aliphatic rings. The molecule has 0 bridgehead atoms. The highest BCUT2D eigenvalue weighted by Gasteiger charge is 2.45. The van der Waals surface area contributed by atoms with Gasteiger partial charge in [-0.2, -0.15) is 10.4 Å². The first kappa shape index (κ1) is 18.2. The first-order chi connectivity index (χ1) is 14.9. The number of anilines is 1. The molecule has 4 aromatic rings. The van der Waals surface area contributed by atoms with Gasteiger partial charge in [-0.15, -0.1) is 0 Å². The Kier molecular flexibility index (Phi) is 4.57. The van der Waals surface area contributed by atoms with E-state index in [0.29, 0.717) is 5.56 Å². The minimum absolute atomic E-state index is 0.576. The van der Waals surface area contributed by atoms with Gasteiger partial charge in [0.1, 0.15) is 23.0 Å². The number of aromatic nitrogens is 2. The molecule has 0 unspecified atom stereocenters. The van der Waals surface area contributed by atoms with Crippen molar-refractivity contribution in [2.24, 2.45) is 0 Å². The Morgan fingerprint density at radius 2 is 1.23 bits per heavy atom. The second-order valence-electron chi connectivity index (χ2n) is 7.53. The second kappa shape index (κ2) is 7.53. The molecule has 146 valence electrons. The fourth-order valence-electron chi connectivity index (χ4n) is 4.72. The number of hydrogen-bond acceptors (Lipinski definition) is 3. The zero-order chi connectivity index (χ0) is 20.4. The van der Waals surface area contributed by atoms with Crippen LogP contribution in [0.5, 0.6) is 0 Å². The molecule has 30 heavy (non-hydrogen) atoms. The topological polar surface area (TPSA) is 44.9 Å². The van der Waals surface area contributed by atoms with Crippen LogP contribution in [0, 0.1) is 11.3 Å². The lowest BCUT2D eigenvalue weighted by Gasteiger charge is -2.48. The molecule has 0 fully saturated rings. The number of nitrogens with zero attached hydrogens (tertiary/aromatic N) is 4. The number of fused-ring (bicyclic) bond motifs is 1. The standard InChI is InChI=1S/C26H22N4/c27-19-21-20-28-30-18-10-17-29(25(21)30)26(22-11-4-1-5-12-22,23-13-6-2-7-14-23)24-15-8-3-9-16-24/h1-9,11-16,20H,10,17-18H2. The third-order valence-corrected chi connectivity index (χ3v) is 5.92. The van der Waals surface area contributed by atoms with E-state index in [2.05, 4.69) is 88.9 Å². The van der Waals surface area contributed by atoms with Crippen LogP contribution in [0.1, 0.15) is 28.7 Å². The van der Waals surface area contributed by atoms with Crippen LogP contribution in [0.3, 0.4) is 0 Å². The molecule has 0 radical (unpaired) electrons. The average molecular weight is 390 g/mol. The zero-order valence-corrected chi connectivity index (χ0v) is 16.6. The normalized spacial score (nSPS) is 13.5. The molecule has 0 saturated carbocycles. The van der Waals surface area contributed by atoms with E-state index in [0.717, 1.165) is 25.3 Å². The Labute approximate surface area is 176 Å². The number of nitriles is 1. The van der Waals surface area contributed by atoms with E-state index < -0.39 is 5.54 Å². The molecule has 4 nitrogen and oxygen atoms in total. The van der Waals surface area contributed by atoms with Gasteiger partial charge in [-0.1, -0.05) is 91.0 Å². The van der Waals surface area contributed by atoms with E-state index in [4.69, 9.17) is 0 Å². The smallest absolute Gasteiger partial charge is 0.146 e. The lowest BCUT2D eigenvalue weighted by molar-refractivity contribution is 0.451. The van der Waals surface area contributed by atoms with Crippen LogP contribution < -0.4 is 4.90 Å². The molecular weight excluding hydrogens is 368 g/mol. The van der Waals surface area contributed by atoms with Gasteiger partial charge in [-0.25, -0.2) is 4.68 Å². The molecule has 0 saturated heterocycles. The van der Waals surface area contributed by atoms with Crippen molar-refractivity contribution >= 4 is 5.82 Å². The largest absolute Gasteiger partial charge is 0.338 e. The summed E-state index contributed by atoms with van der Waals surface area (Å²) in [5, 5.41) is 14.4. The Morgan fingerprint density at radius 3 is 1.70 bits per heavy atom. The van der Waals surface area contributed by atoms with Crippen molar-refractivity contribution in [3.8, 4) is 6.07 Å². The molecule has 3 aromatic carbocycles. The van der Waals surface area contributed by atoms with Crippen LogP contribution >= 0.6 is 0 Å². The molecule has 4 heteroatoms. The van der Waals surface area contributed by atoms with Gasteiger partial charge in [0.2, 0.25) is 0 Å². The molecule has 1 aromatic heterocycles. The van der Waals surface area contributed by atoms with Crippen molar-refractivity contribution in [3.05, 3.63) is 119 Å². The number of rotatable bonds is 4. The Hall–Kier alpha value is -3.84. The van der Waals surface area contributed by atoms with Gasteiger partial charge in [0.15, 0.2) is 0 Å². The van der Waals surface area contributed by atoms with Crippen LogP contribution in [-0.2, 0) is 12.1 Å². The molecule has 1 aliphatic heterocycles. The minimum Gasteiger partial charge on any atom is -0.338 e. The van der Waals surface area contributed by atoms with E-state index in [1.165, 1.54) is 16.7 Å². The second-order valence-corrected chi connectivity index (χ2v) is 7.53. The number of benzene rings is 3. The van der Waals surface area contributed by atoms with Crippen molar-refractivity contribution < 1.29 is 0 Å². The van der Waals surface area contributed by atoms with Crippen LogP contribution in [0.25, 0.3) is 0 Å². The molecule has 0 amide bonds. The lowest BCUT2D eigenvalue weighted by Crippen LogP contribution is -2.51. The Morgan fingerprint density at radius 1 is 0.733 bits per heavy atom. The van der Waals surface area contributed by atoms with Crippen LogP contribution in [0.4, 0.5) is 5.82 Å². The summed E-state index contributed by atoms with van der Waals surface area (Å²) in [6.45, 7) is 1.65. The quantitative estimate of drug-likeness (QED) is 0.463. The van der Waals surface area contributed by atoms with Crippen molar-refractivity contribution in [2.75, 3.05) is 11.4 Å². The summed E-state index contributed by atoms with van der Waals surface area (Å²) in [4.78, 5) is 2.38. The first-order valence-corrected chi connectivity index (χ1v) is 10.3. The average Bonchev–Trinajstić information content (AvgIpc) is 3.26. The van der Waals surface area contributed by atoms with Crippen LogP contribution in [0.2, 0.25) is 0 Å². The highest BCUT2D eigenvalue weighted by Crippen LogP contribution is 2.46. The predicted molar refractivity (Wildman–Crippen MR) is 118 cm³/mol. The van der Waals surface area contributed by atoms with Crippen molar-refractivity contribution in [1.29, 1.82) is 5.26 Å². The molecule has 0 spiro atoms. The monoisotopic (exact) mass is 390 g/mol. The third kappa shape index (κ3) is 2.71. The van der Waals surface area contributed by atoms with Crippen molar-refractivity contribution in [3.63, 3.8) is 0 Å². The Balaban J connectivity index is 1.90. The molecule has 0 atom stereocenters. The highest BCUT2D eigenvalue weighted by atomic mass is 15.4.